The maximum absolute atomic E-state index is 12.6. The largest absolute Gasteiger partial charge is 0.494 e. The van der Waals surface area contributed by atoms with Crippen LogP contribution >= 0.6 is 0 Å². The Morgan fingerprint density at radius 3 is 2.04 bits per heavy atom. The average Bonchev–Trinajstić information content (AvgIpc) is 2.68. The number of anilines is 1. The molecule has 2 rings (SSSR count). The van der Waals surface area contributed by atoms with Gasteiger partial charge in [-0.05, 0) is 57.8 Å². The molecular formula is C16H19BF3NO5. The Balaban J connectivity index is 2.49. The van der Waals surface area contributed by atoms with Crippen LogP contribution in [0.2, 0.25) is 0 Å². The number of nitrogens with one attached hydrogen (secondary N) is 1. The number of amides is 1. The highest BCUT2D eigenvalue weighted by atomic mass is 19.4. The first-order chi connectivity index (χ1) is 11.7. The fraction of sp³-hybridized carbons (Fsp3) is 0.500. The van der Waals surface area contributed by atoms with Crippen molar-refractivity contribution >= 4 is 30.1 Å². The smallest absolute Gasteiger partial charge is 0.478 e. The van der Waals surface area contributed by atoms with Gasteiger partial charge in [0, 0.05) is 5.69 Å². The molecule has 1 aromatic rings. The molecule has 0 aliphatic carbocycles. The average molecular weight is 373 g/mol. The van der Waals surface area contributed by atoms with E-state index in [9.17, 15) is 27.9 Å². The van der Waals surface area contributed by atoms with Crippen LogP contribution in [0.3, 0.4) is 0 Å². The lowest BCUT2D eigenvalue weighted by atomic mass is 9.77. The minimum Gasteiger partial charge on any atom is -0.478 e. The summed E-state index contributed by atoms with van der Waals surface area (Å²) in [4.78, 5) is 22.7. The molecule has 142 valence electrons. The molecule has 1 amide bonds. The summed E-state index contributed by atoms with van der Waals surface area (Å²) in [6.07, 6.45) is -5.10. The van der Waals surface area contributed by atoms with Gasteiger partial charge in [-0.2, -0.15) is 13.2 Å². The molecule has 0 atom stereocenters. The van der Waals surface area contributed by atoms with Gasteiger partial charge in [-0.1, -0.05) is 0 Å². The van der Waals surface area contributed by atoms with E-state index in [-0.39, 0.29) is 22.3 Å². The summed E-state index contributed by atoms with van der Waals surface area (Å²) in [5.41, 5.74) is -1.77. The van der Waals surface area contributed by atoms with Crippen LogP contribution in [-0.2, 0) is 14.1 Å². The van der Waals surface area contributed by atoms with Crippen molar-refractivity contribution in [1.82, 2.24) is 0 Å². The lowest BCUT2D eigenvalue weighted by Crippen LogP contribution is -2.41. The Bertz CT molecular complexity index is 745. The molecule has 0 aromatic heterocycles. The predicted molar refractivity (Wildman–Crippen MR) is 88.5 cm³/mol. The number of halogens is 3. The van der Waals surface area contributed by atoms with Gasteiger partial charge in [-0.3, -0.25) is 4.79 Å². The predicted octanol–water partition coefficient (Wildman–Crippen LogP) is 2.49. The highest BCUT2D eigenvalue weighted by molar-refractivity contribution is 6.62. The molecule has 6 nitrogen and oxygen atoms in total. The minimum atomic E-state index is -5.10. The van der Waals surface area contributed by atoms with Gasteiger partial charge < -0.3 is 19.7 Å². The Kier molecular flexibility index (Phi) is 4.89. The second-order valence-corrected chi connectivity index (χ2v) is 7.09. The summed E-state index contributed by atoms with van der Waals surface area (Å²) in [5, 5.41) is 11.1. The number of aromatic carboxylic acids is 1. The number of carbonyl (C=O) groups excluding carboxylic acids is 1. The molecule has 0 unspecified atom stereocenters. The van der Waals surface area contributed by atoms with Crippen LogP contribution in [0, 0.1) is 6.92 Å². The van der Waals surface area contributed by atoms with Gasteiger partial charge in [-0.15, -0.1) is 0 Å². The van der Waals surface area contributed by atoms with E-state index in [0.29, 0.717) is 0 Å². The van der Waals surface area contributed by atoms with E-state index < -0.39 is 36.4 Å². The first-order valence-corrected chi connectivity index (χ1v) is 7.77. The molecule has 0 bridgehead atoms. The fourth-order valence-corrected chi connectivity index (χ4v) is 2.40. The van der Waals surface area contributed by atoms with Gasteiger partial charge in [-0.25, -0.2) is 4.79 Å². The molecule has 1 aliphatic heterocycles. The van der Waals surface area contributed by atoms with Crippen molar-refractivity contribution in [1.29, 1.82) is 0 Å². The summed E-state index contributed by atoms with van der Waals surface area (Å²) in [7, 11) is -0.986. The van der Waals surface area contributed by atoms with Crippen molar-refractivity contribution in [2.75, 3.05) is 5.32 Å². The molecule has 0 spiro atoms. The first-order valence-electron chi connectivity index (χ1n) is 7.77. The van der Waals surface area contributed by atoms with Gasteiger partial charge in [0.2, 0.25) is 0 Å². The quantitative estimate of drug-likeness (QED) is 0.796. The number of hydrogen-bond acceptors (Lipinski definition) is 4. The summed E-state index contributed by atoms with van der Waals surface area (Å²) in [5.74, 6) is -3.54. The van der Waals surface area contributed by atoms with E-state index in [0.717, 1.165) is 0 Å². The van der Waals surface area contributed by atoms with E-state index in [1.807, 2.05) is 0 Å². The number of rotatable bonds is 3. The molecule has 0 saturated carbocycles. The maximum Gasteiger partial charge on any atom is 0.494 e. The van der Waals surface area contributed by atoms with Crippen molar-refractivity contribution in [3.8, 4) is 0 Å². The highest BCUT2D eigenvalue weighted by Gasteiger charge is 2.52. The molecule has 1 heterocycles. The molecule has 10 heteroatoms. The van der Waals surface area contributed by atoms with Crippen LogP contribution in [0.4, 0.5) is 18.9 Å². The molecule has 1 aromatic carbocycles. The maximum atomic E-state index is 12.6. The van der Waals surface area contributed by atoms with Crippen LogP contribution in [0.25, 0.3) is 0 Å². The van der Waals surface area contributed by atoms with Gasteiger partial charge in [0.05, 0.1) is 16.8 Å². The van der Waals surface area contributed by atoms with Crippen molar-refractivity contribution in [2.45, 2.75) is 52.0 Å². The van der Waals surface area contributed by atoms with Crippen molar-refractivity contribution < 1.29 is 37.2 Å². The van der Waals surface area contributed by atoms with Crippen LogP contribution < -0.4 is 10.8 Å². The van der Waals surface area contributed by atoms with E-state index in [1.165, 1.54) is 19.1 Å². The molecule has 0 radical (unpaired) electrons. The van der Waals surface area contributed by atoms with Crippen molar-refractivity contribution in [2.24, 2.45) is 0 Å². The lowest BCUT2D eigenvalue weighted by molar-refractivity contribution is -0.167. The summed E-state index contributed by atoms with van der Waals surface area (Å²) < 4.78 is 49.3. The van der Waals surface area contributed by atoms with Gasteiger partial charge >= 0.3 is 25.2 Å². The molecule has 1 aliphatic rings. The van der Waals surface area contributed by atoms with Crippen LogP contribution in [-0.4, -0.2) is 41.5 Å². The summed E-state index contributed by atoms with van der Waals surface area (Å²) in [6, 6.07) is 2.50. The summed E-state index contributed by atoms with van der Waals surface area (Å²) in [6.45, 7) is 8.44. The number of carbonyl (C=O) groups is 2. The fourth-order valence-electron chi connectivity index (χ4n) is 2.40. The second kappa shape index (κ2) is 6.28. The molecule has 1 fully saturated rings. The number of carboxylic acid groups (broad SMARTS) is 1. The highest BCUT2D eigenvalue weighted by Crippen LogP contribution is 2.37. The number of carboxylic acids is 1. The Morgan fingerprint density at radius 1 is 1.12 bits per heavy atom. The third-order valence-corrected chi connectivity index (χ3v) is 4.69. The zero-order valence-electron chi connectivity index (χ0n) is 14.9. The van der Waals surface area contributed by atoms with Crippen molar-refractivity contribution in [3.05, 3.63) is 23.3 Å². The number of benzene rings is 1. The SMILES string of the molecule is Cc1c(NC(=O)C(F)(F)F)cc(B2OC(C)(C)C(C)(C)O2)cc1C(=O)O. The van der Waals surface area contributed by atoms with E-state index in [2.05, 4.69) is 0 Å². The van der Waals surface area contributed by atoms with Crippen LogP contribution in [0.1, 0.15) is 43.6 Å². The van der Waals surface area contributed by atoms with E-state index in [4.69, 9.17) is 9.31 Å². The van der Waals surface area contributed by atoms with Gasteiger partial charge in [0.15, 0.2) is 0 Å². The normalized spacial score (nSPS) is 18.7. The van der Waals surface area contributed by atoms with Crippen LogP contribution in [0.5, 0.6) is 0 Å². The Morgan fingerprint density at radius 2 is 1.62 bits per heavy atom. The third-order valence-electron chi connectivity index (χ3n) is 4.69. The topological polar surface area (TPSA) is 84.9 Å². The molecule has 26 heavy (non-hydrogen) atoms. The first kappa shape index (κ1) is 20.2. The van der Waals surface area contributed by atoms with E-state index in [1.54, 1.807) is 33.0 Å². The number of hydrogen-bond donors (Lipinski definition) is 2. The zero-order chi connectivity index (χ0) is 20.1. The molecule has 1 saturated heterocycles. The van der Waals surface area contributed by atoms with Gasteiger partial charge in [0.1, 0.15) is 0 Å². The monoisotopic (exact) mass is 373 g/mol. The standard InChI is InChI=1S/C16H19BF3NO5/c1-8-10(12(22)23)6-9(7-11(8)21-13(24)16(18,19)20)17-25-14(2,3)15(4,5)26-17/h6-7H,1-5H3,(H,21,24)(H,22,23). The Labute approximate surface area is 148 Å². The van der Waals surface area contributed by atoms with Gasteiger partial charge in [0.25, 0.3) is 0 Å². The molecular weight excluding hydrogens is 354 g/mol. The summed E-state index contributed by atoms with van der Waals surface area (Å²) >= 11 is 0. The Hall–Kier alpha value is -2.07. The van der Waals surface area contributed by atoms with Crippen molar-refractivity contribution in [3.63, 3.8) is 0 Å². The number of alkyl halides is 3. The molecule has 2 N–H and O–H groups in total. The minimum absolute atomic E-state index is 0.00429. The van der Waals surface area contributed by atoms with E-state index >= 15 is 0 Å². The second-order valence-electron chi connectivity index (χ2n) is 7.09. The van der Waals surface area contributed by atoms with Crippen LogP contribution in [0.15, 0.2) is 12.1 Å². The third kappa shape index (κ3) is 3.71. The zero-order valence-corrected chi connectivity index (χ0v) is 14.9. The lowest BCUT2D eigenvalue weighted by Gasteiger charge is -2.32.